The Kier molecular flexibility index (Phi) is 12.2. The van der Waals surface area contributed by atoms with Gasteiger partial charge in [0.25, 0.3) is 0 Å². The smallest absolute Gasteiger partial charge is 0.319 e. The Morgan fingerprint density at radius 2 is 1.63 bits per heavy atom. The molecular formula is C48H52F4N6O5. The second-order valence-corrected chi connectivity index (χ2v) is 18.0. The summed E-state index contributed by atoms with van der Waals surface area (Å²) in [5, 5.41) is -0.0514. The predicted molar refractivity (Wildman–Crippen MR) is 229 cm³/mol. The number of nitrogens with one attached hydrogen (secondary N) is 1. The van der Waals surface area contributed by atoms with Crippen molar-refractivity contribution in [2.45, 2.75) is 108 Å². The van der Waals surface area contributed by atoms with Crippen LogP contribution < -0.4 is 15.2 Å². The number of anilines is 1. The molecule has 4 aliphatic rings. The van der Waals surface area contributed by atoms with E-state index in [-0.39, 0.29) is 75.6 Å². The quantitative estimate of drug-likeness (QED) is 0.0470. The van der Waals surface area contributed by atoms with E-state index in [9.17, 15) is 23.2 Å². The molecular weight excluding hydrogens is 817 g/mol. The van der Waals surface area contributed by atoms with Crippen molar-refractivity contribution in [1.29, 1.82) is 0 Å². The highest BCUT2D eigenvalue weighted by Gasteiger charge is 2.51. The van der Waals surface area contributed by atoms with E-state index in [1.165, 1.54) is 43.7 Å². The lowest BCUT2D eigenvalue weighted by atomic mass is 9.85. The van der Waals surface area contributed by atoms with Crippen molar-refractivity contribution in [1.82, 2.24) is 24.8 Å². The monoisotopic (exact) mass is 868 g/mol. The number of carbonyl (C=O) groups is 2. The summed E-state index contributed by atoms with van der Waals surface area (Å²) in [7, 11) is 0. The van der Waals surface area contributed by atoms with Gasteiger partial charge in [0.1, 0.15) is 29.5 Å². The molecule has 1 aliphatic carbocycles. The molecule has 5 aromatic rings. The number of nitrogens with zero attached hydrogens (tertiary/aromatic N) is 5. The minimum absolute atomic E-state index is 0.0635. The Hall–Kier alpha value is -5.44. The van der Waals surface area contributed by atoms with E-state index in [0.29, 0.717) is 25.3 Å². The first-order valence-electron chi connectivity index (χ1n) is 22.6. The molecule has 4 fully saturated rings. The maximum Gasteiger partial charge on any atom is 0.319 e. The van der Waals surface area contributed by atoms with Crippen LogP contribution in [-0.4, -0.2) is 68.6 Å². The SMILES string of the molecule is CCCCCCCCCC(=O)OC(=O)C1C2CCC1CN(c1nc(OCC34CCCN3C(c3ccc(F)cc3)CC4)nc3c(F)c(-c4[nH]c(=O)cc5ccc(F)c(F)c45)ncc13)C2. The van der Waals surface area contributed by atoms with Crippen molar-refractivity contribution >= 4 is 39.4 Å². The third-order valence-corrected chi connectivity index (χ3v) is 14.0. The third-order valence-electron chi connectivity index (χ3n) is 14.0. The second kappa shape index (κ2) is 18.0. The summed E-state index contributed by atoms with van der Waals surface area (Å²) >= 11 is 0. The van der Waals surface area contributed by atoms with Gasteiger partial charge in [0.05, 0.1) is 22.5 Å². The van der Waals surface area contributed by atoms with Gasteiger partial charge in [0.15, 0.2) is 17.5 Å². The van der Waals surface area contributed by atoms with E-state index in [0.717, 1.165) is 82.0 Å². The number of aromatic amines is 1. The molecule has 0 amide bonds. The zero-order chi connectivity index (χ0) is 43.8. The standard InChI is InChI=1S/C48H52F4N6O5/c1-2-3-4-5-6-7-8-10-37(60)63-46(61)38-30-11-12-31(38)26-57(25-30)45-33-24-53-44(43-39-29(23-36(59)54-43)15-18-34(50)40(39)51)41(52)42(33)55-47(56-45)62-27-48-20-9-22-58(48)35(19-21-48)28-13-16-32(49)17-14-28/h13-18,23-24,30-31,35,38H,2-12,19-22,25-27H2,1H3,(H,54,59). The fourth-order valence-electron chi connectivity index (χ4n) is 11.0. The predicted octanol–water partition coefficient (Wildman–Crippen LogP) is 9.51. The number of unbranched alkanes of at least 4 members (excludes halogenated alkanes) is 6. The molecule has 63 heavy (non-hydrogen) atoms. The molecule has 11 nitrogen and oxygen atoms in total. The summed E-state index contributed by atoms with van der Waals surface area (Å²) < 4.78 is 72.9. The summed E-state index contributed by atoms with van der Waals surface area (Å²) in [5.74, 6) is -5.23. The topological polar surface area (TPSA) is 131 Å². The number of hydrogen-bond donors (Lipinski definition) is 1. The van der Waals surface area contributed by atoms with Gasteiger partial charge in [-0.1, -0.05) is 63.6 Å². The van der Waals surface area contributed by atoms with E-state index in [1.807, 2.05) is 17.0 Å². The zero-order valence-electron chi connectivity index (χ0n) is 35.4. The van der Waals surface area contributed by atoms with Gasteiger partial charge in [-0.2, -0.15) is 9.97 Å². The number of fused-ring (bicyclic) bond motifs is 5. The molecule has 3 aliphatic heterocycles. The van der Waals surface area contributed by atoms with E-state index >= 15 is 8.78 Å². The van der Waals surface area contributed by atoms with Gasteiger partial charge in [-0.15, -0.1) is 0 Å². The molecule has 2 bridgehead atoms. The molecule has 0 radical (unpaired) electrons. The van der Waals surface area contributed by atoms with Crippen LogP contribution in [0.3, 0.4) is 0 Å². The largest absolute Gasteiger partial charge is 0.461 e. The van der Waals surface area contributed by atoms with E-state index in [4.69, 9.17) is 14.5 Å². The number of rotatable bonds is 15. The first-order chi connectivity index (χ1) is 30.5. The van der Waals surface area contributed by atoms with Crippen molar-refractivity contribution < 1.29 is 36.6 Å². The summed E-state index contributed by atoms with van der Waals surface area (Å²) in [6.07, 6.45) is 13.8. The molecule has 0 spiro atoms. The molecule has 9 rings (SSSR count). The van der Waals surface area contributed by atoms with E-state index < -0.39 is 46.6 Å². The number of ether oxygens (including phenoxy) is 2. The second-order valence-electron chi connectivity index (χ2n) is 18.0. The van der Waals surface area contributed by atoms with Gasteiger partial charge in [0.2, 0.25) is 5.56 Å². The molecule has 2 aromatic carbocycles. The summed E-state index contributed by atoms with van der Waals surface area (Å²) in [4.78, 5) is 59.7. The fraction of sp³-hybridized carbons (Fsp3) is 0.500. The van der Waals surface area contributed by atoms with Crippen LogP contribution in [0.15, 0.2) is 53.5 Å². The number of esters is 2. The Bertz CT molecular complexity index is 2580. The van der Waals surface area contributed by atoms with Crippen LogP contribution in [0.5, 0.6) is 6.01 Å². The van der Waals surface area contributed by atoms with Gasteiger partial charge >= 0.3 is 17.9 Å². The highest BCUT2D eigenvalue weighted by molar-refractivity contribution is 5.98. The van der Waals surface area contributed by atoms with Crippen molar-refractivity contribution in [3.8, 4) is 17.4 Å². The Labute approximate surface area is 362 Å². The lowest BCUT2D eigenvalue weighted by Crippen LogP contribution is -2.46. The number of pyridine rings is 2. The number of benzene rings is 2. The molecule has 1 N–H and O–H groups in total. The number of carbonyl (C=O) groups excluding carboxylic acids is 2. The maximum absolute atomic E-state index is 17.1. The van der Waals surface area contributed by atoms with Gasteiger partial charge in [-0.3, -0.25) is 24.3 Å². The van der Waals surface area contributed by atoms with Gasteiger partial charge in [-0.05, 0) is 92.5 Å². The van der Waals surface area contributed by atoms with Crippen LogP contribution >= 0.6 is 0 Å². The molecule has 15 heteroatoms. The average molecular weight is 869 g/mol. The van der Waals surface area contributed by atoms with Crippen LogP contribution in [0.25, 0.3) is 33.1 Å². The normalized spacial score (nSPS) is 23.2. The lowest BCUT2D eigenvalue weighted by Gasteiger charge is -2.38. The Morgan fingerprint density at radius 3 is 2.40 bits per heavy atom. The molecule has 3 aromatic heterocycles. The number of hydrogen-bond acceptors (Lipinski definition) is 10. The number of H-pyrrole nitrogens is 1. The van der Waals surface area contributed by atoms with Crippen molar-refractivity contribution in [2.75, 3.05) is 31.1 Å². The molecule has 4 atom stereocenters. The first kappa shape index (κ1) is 42.8. The molecule has 3 saturated heterocycles. The Balaban J connectivity index is 1.01. The van der Waals surface area contributed by atoms with Crippen molar-refractivity contribution in [3.63, 3.8) is 0 Å². The van der Waals surface area contributed by atoms with Crippen LogP contribution in [0.2, 0.25) is 0 Å². The van der Waals surface area contributed by atoms with Crippen LogP contribution in [0.1, 0.15) is 108 Å². The summed E-state index contributed by atoms with van der Waals surface area (Å²) in [6, 6.07) is 9.78. The van der Waals surface area contributed by atoms with Gasteiger partial charge in [-0.25, -0.2) is 17.6 Å². The highest BCUT2D eigenvalue weighted by Crippen LogP contribution is 2.49. The first-order valence-corrected chi connectivity index (χ1v) is 22.6. The number of aromatic nitrogens is 4. The van der Waals surface area contributed by atoms with Crippen LogP contribution in [-0.2, 0) is 14.3 Å². The van der Waals surface area contributed by atoms with Crippen molar-refractivity contribution in [2.24, 2.45) is 17.8 Å². The zero-order valence-corrected chi connectivity index (χ0v) is 35.4. The third kappa shape index (κ3) is 8.40. The lowest BCUT2D eigenvalue weighted by molar-refractivity contribution is -0.164. The number of piperidine rings is 1. The Morgan fingerprint density at radius 1 is 0.889 bits per heavy atom. The van der Waals surface area contributed by atoms with E-state index in [1.54, 1.807) is 0 Å². The van der Waals surface area contributed by atoms with E-state index in [2.05, 4.69) is 26.8 Å². The highest BCUT2D eigenvalue weighted by atomic mass is 19.2. The minimum atomic E-state index is -1.26. The minimum Gasteiger partial charge on any atom is -0.461 e. The molecule has 6 heterocycles. The summed E-state index contributed by atoms with van der Waals surface area (Å²) in [5.41, 5.74) is -0.984. The average Bonchev–Trinajstić information content (AvgIpc) is 3.93. The van der Waals surface area contributed by atoms with Crippen LogP contribution in [0, 0.1) is 41.0 Å². The number of halogens is 4. The summed E-state index contributed by atoms with van der Waals surface area (Å²) in [6.45, 7) is 3.90. The maximum atomic E-state index is 17.1. The van der Waals surface area contributed by atoms with Gasteiger partial charge < -0.3 is 19.4 Å². The molecule has 332 valence electrons. The van der Waals surface area contributed by atoms with Gasteiger partial charge in [0, 0.05) is 43.2 Å². The van der Waals surface area contributed by atoms with Crippen molar-refractivity contribution in [3.05, 3.63) is 87.8 Å². The molecule has 4 unspecified atom stereocenters. The molecule has 1 saturated carbocycles. The fourth-order valence-corrected chi connectivity index (χ4v) is 11.0. The van der Waals surface area contributed by atoms with Crippen LogP contribution in [0.4, 0.5) is 23.4 Å².